The third-order valence-electron chi connectivity index (χ3n) is 2.98. The maximum absolute atomic E-state index is 12.4. The van der Waals surface area contributed by atoms with E-state index in [9.17, 15) is 8.42 Å². The van der Waals surface area contributed by atoms with Gasteiger partial charge >= 0.3 is 0 Å². The first kappa shape index (κ1) is 18.7. The van der Waals surface area contributed by atoms with Gasteiger partial charge in [0.1, 0.15) is 4.90 Å². The summed E-state index contributed by atoms with van der Waals surface area (Å²) < 4.78 is 27.4. The summed E-state index contributed by atoms with van der Waals surface area (Å²) in [5.74, 6) is 0. The molecule has 0 radical (unpaired) electrons. The topological polar surface area (TPSA) is 75.4 Å². The quantitative estimate of drug-likeness (QED) is 0.786. The largest absolute Gasteiger partial charge is 0.326 e. The Hall–Kier alpha value is -0.370. The minimum absolute atomic E-state index is 0.00530. The first-order valence-corrected chi connectivity index (χ1v) is 8.76. The van der Waals surface area contributed by atoms with Crippen molar-refractivity contribution < 1.29 is 8.42 Å². The molecule has 0 aromatic heterocycles. The Labute approximate surface area is 136 Å². The summed E-state index contributed by atoms with van der Waals surface area (Å²) >= 11 is 12.0. The van der Waals surface area contributed by atoms with Crippen LogP contribution in [0, 0.1) is 0 Å². The Kier molecular flexibility index (Phi) is 6.90. The molecule has 0 saturated carbocycles. The van der Waals surface area contributed by atoms with Crippen molar-refractivity contribution in [3.8, 4) is 0 Å². The van der Waals surface area contributed by atoms with Gasteiger partial charge in [0, 0.05) is 17.6 Å². The number of rotatable bonds is 7. The van der Waals surface area contributed by atoms with Crippen molar-refractivity contribution in [2.24, 2.45) is 5.73 Å². The first-order valence-electron chi connectivity index (χ1n) is 6.52. The van der Waals surface area contributed by atoms with Crippen LogP contribution in [-0.2, 0) is 16.6 Å². The molecular weight excluding hydrogens is 333 g/mol. The van der Waals surface area contributed by atoms with Gasteiger partial charge in [-0.2, -0.15) is 0 Å². The monoisotopic (exact) mass is 353 g/mol. The average molecular weight is 354 g/mol. The van der Waals surface area contributed by atoms with Crippen molar-refractivity contribution in [2.75, 3.05) is 20.6 Å². The summed E-state index contributed by atoms with van der Waals surface area (Å²) in [6.07, 6.45) is 0.696. The van der Waals surface area contributed by atoms with Crippen LogP contribution in [0.2, 0.25) is 10.0 Å². The van der Waals surface area contributed by atoms with Crippen molar-refractivity contribution >= 4 is 33.2 Å². The molecule has 0 bridgehead atoms. The summed E-state index contributed by atoms with van der Waals surface area (Å²) in [4.78, 5) is 2.00. The van der Waals surface area contributed by atoms with Crippen LogP contribution in [0.1, 0.15) is 18.9 Å². The Morgan fingerprint density at radius 1 is 1.29 bits per heavy atom. The number of halogens is 2. The number of nitrogens with one attached hydrogen (secondary N) is 1. The molecule has 0 fully saturated rings. The second-order valence-corrected chi connectivity index (χ2v) is 7.69. The SMILES string of the molecule is CC(CCN(C)C)NS(=O)(=O)c1cc(CN)c(Cl)cc1Cl. The highest BCUT2D eigenvalue weighted by molar-refractivity contribution is 7.89. The molecule has 1 unspecified atom stereocenters. The molecule has 1 rings (SSSR count). The van der Waals surface area contributed by atoms with Crippen molar-refractivity contribution in [2.45, 2.75) is 30.8 Å². The van der Waals surface area contributed by atoms with Gasteiger partial charge in [0.25, 0.3) is 0 Å². The smallest absolute Gasteiger partial charge is 0.242 e. The molecule has 21 heavy (non-hydrogen) atoms. The number of hydrogen-bond donors (Lipinski definition) is 2. The molecule has 0 amide bonds. The van der Waals surface area contributed by atoms with Gasteiger partial charge in [-0.15, -0.1) is 0 Å². The van der Waals surface area contributed by atoms with E-state index in [4.69, 9.17) is 28.9 Å². The van der Waals surface area contributed by atoms with E-state index in [1.165, 1.54) is 12.1 Å². The summed E-state index contributed by atoms with van der Waals surface area (Å²) in [5, 5.41) is 0.451. The lowest BCUT2D eigenvalue weighted by Crippen LogP contribution is -2.35. The van der Waals surface area contributed by atoms with Gasteiger partial charge in [-0.05, 0) is 51.7 Å². The van der Waals surface area contributed by atoms with E-state index < -0.39 is 10.0 Å². The molecule has 0 spiro atoms. The van der Waals surface area contributed by atoms with Crippen LogP contribution in [0.4, 0.5) is 0 Å². The highest BCUT2D eigenvalue weighted by Crippen LogP contribution is 2.28. The normalized spacial score (nSPS) is 13.7. The molecule has 0 heterocycles. The van der Waals surface area contributed by atoms with E-state index in [1.54, 1.807) is 0 Å². The Morgan fingerprint density at radius 3 is 2.43 bits per heavy atom. The van der Waals surface area contributed by atoms with Crippen molar-refractivity contribution in [3.63, 3.8) is 0 Å². The molecule has 1 aromatic rings. The highest BCUT2D eigenvalue weighted by Gasteiger charge is 2.22. The zero-order valence-electron chi connectivity index (χ0n) is 12.4. The minimum Gasteiger partial charge on any atom is -0.326 e. The van der Waals surface area contributed by atoms with Gasteiger partial charge in [0.15, 0.2) is 0 Å². The predicted molar refractivity (Wildman–Crippen MR) is 87.3 cm³/mol. The van der Waals surface area contributed by atoms with Gasteiger partial charge in [-0.3, -0.25) is 0 Å². The van der Waals surface area contributed by atoms with Crippen LogP contribution in [0.25, 0.3) is 0 Å². The molecule has 0 saturated heterocycles. The van der Waals surface area contributed by atoms with Crippen LogP contribution in [0.5, 0.6) is 0 Å². The Balaban J connectivity index is 2.97. The average Bonchev–Trinajstić information content (AvgIpc) is 2.35. The highest BCUT2D eigenvalue weighted by atomic mass is 35.5. The lowest BCUT2D eigenvalue weighted by Gasteiger charge is -2.18. The lowest BCUT2D eigenvalue weighted by molar-refractivity contribution is 0.379. The molecule has 120 valence electrons. The van der Waals surface area contributed by atoms with Gasteiger partial charge < -0.3 is 10.6 Å². The lowest BCUT2D eigenvalue weighted by atomic mass is 10.2. The Bertz CT molecular complexity index is 591. The van der Waals surface area contributed by atoms with E-state index in [1.807, 2.05) is 25.9 Å². The maximum atomic E-state index is 12.4. The standard InChI is InChI=1S/C13H21Cl2N3O2S/c1-9(4-5-18(2)3)17-21(19,20)13-6-10(8-16)11(14)7-12(13)15/h6-7,9,17H,4-5,8,16H2,1-3H3. The van der Waals surface area contributed by atoms with Crippen LogP contribution in [0.15, 0.2) is 17.0 Å². The van der Waals surface area contributed by atoms with E-state index in [2.05, 4.69) is 4.72 Å². The zero-order valence-corrected chi connectivity index (χ0v) is 14.7. The molecule has 0 aliphatic heterocycles. The van der Waals surface area contributed by atoms with Crippen LogP contribution in [0.3, 0.4) is 0 Å². The van der Waals surface area contributed by atoms with E-state index >= 15 is 0 Å². The fourth-order valence-electron chi connectivity index (χ4n) is 1.77. The fourth-order valence-corrected chi connectivity index (χ4v) is 3.93. The van der Waals surface area contributed by atoms with Crippen LogP contribution in [-0.4, -0.2) is 40.0 Å². The molecular formula is C13H21Cl2N3O2S. The Morgan fingerprint density at radius 2 is 1.90 bits per heavy atom. The van der Waals surface area contributed by atoms with Crippen LogP contribution < -0.4 is 10.5 Å². The van der Waals surface area contributed by atoms with Gasteiger partial charge in [-0.25, -0.2) is 13.1 Å². The zero-order chi connectivity index (χ0) is 16.2. The third kappa shape index (κ3) is 5.39. The van der Waals surface area contributed by atoms with E-state index in [0.29, 0.717) is 17.0 Å². The molecule has 8 heteroatoms. The molecule has 0 aliphatic rings. The molecule has 5 nitrogen and oxygen atoms in total. The van der Waals surface area contributed by atoms with Crippen LogP contribution >= 0.6 is 23.2 Å². The third-order valence-corrected chi connectivity index (χ3v) is 5.38. The summed E-state index contributed by atoms with van der Waals surface area (Å²) in [5.41, 5.74) is 6.09. The number of nitrogens with two attached hydrogens (primary N) is 1. The van der Waals surface area contributed by atoms with Gasteiger partial charge in [-0.1, -0.05) is 23.2 Å². The molecule has 1 atom stereocenters. The molecule has 1 aromatic carbocycles. The first-order chi connectivity index (χ1) is 9.67. The van der Waals surface area contributed by atoms with Crippen molar-refractivity contribution in [1.82, 2.24) is 9.62 Å². The second-order valence-electron chi connectivity index (χ2n) is 5.19. The summed E-state index contributed by atoms with van der Waals surface area (Å²) in [7, 11) is 0.169. The van der Waals surface area contributed by atoms with E-state index in [-0.39, 0.29) is 22.5 Å². The summed E-state index contributed by atoms with van der Waals surface area (Å²) in [6.45, 7) is 2.75. The predicted octanol–water partition coefficient (Wildman–Crippen LogP) is 2.07. The van der Waals surface area contributed by atoms with Crippen molar-refractivity contribution in [3.05, 3.63) is 27.7 Å². The number of nitrogens with zero attached hydrogens (tertiary/aromatic N) is 1. The number of benzene rings is 1. The minimum atomic E-state index is -3.70. The van der Waals surface area contributed by atoms with Crippen molar-refractivity contribution in [1.29, 1.82) is 0 Å². The maximum Gasteiger partial charge on any atom is 0.242 e. The van der Waals surface area contributed by atoms with Gasteiger partial charge in [0.2, 0.25) is 10.0 Å². The fraction of sp³-hybridized carbons (Fsp3) is 0.538. The second kappa shape index (κ2) is 7.76. The summed E-state index contributed by atoms with van der Waals surface area (Å²) in [6, 6.07) is 2.63. The number of hydrogen-bond acceptors (Lipinski definition) is 4. The molecule has 0 aliphatic carbocycles. The van der Waals surface area contributed by atoms with Gasteiger partial charge in [0.05, 0.1) is 5.02 Å². The van der Waals surface area contributed by atoms with E-state index in [0.717, 1.165) is 6.54 Å². The number of sulfonamides is 1. The molecule has 3 N–H and O–H groups in total.